The van der Waals surface area contributed by atoms with Gasteiger partial charge in [-0.25, -0.2) is 0 Å². The van der Waals surface area contributed by atoms with Gasteiger partial charge >= 0.3 is 5.97 Å². The smallest absolute Gasteiger partial charge is 0.310 e. The summed E-state index contributed by atoms with van der Waals surface area (Å²) >= 11 is 0. The second-order valence-electron chi connectivity index (χ2n) is 2.77. The molecular weight excluding hydrogens is 200 g/mol. The minimum atomic E-state index is -1.06. The fourth-order valence-electron chi connectivity index (χ4n) is 0.213. The van der Waals surface area contributed by atoms with Crippen molar-refractivity contribution in [1.82, 2.24) is 0 Å². The molecule has 1 N–H and O–H groups in total. The maximum atomic E-state index is 9.87. The third-order valence-corrected chi connectivity index (χ3v) is 0.400. The van der Waals surface area contributed by atoms with Crippen LogP contribution in [0.1, 0.15) is 34.1 Å². The summed E-state index contributed by atoms with van der Waals surface area (Å²) in [5.41, 5.74) is 0. The molecule has 0 aliphatic carbocycles. The first-order valence-corrected chi connectivity index (χ1v) is 3.34. The number of hydrogen-bond donors (Lipinski definition) is 1. The molecule has 0 saturated heterocycles. The number of ketones is 1. The zero-order chi connectivity index (χ0) is 9.44. The van der Waals surface area contributed by atoms with Gasteiger partial charge in [0.1, 0.15) is 12.2 Å². The van der Waals surface area contributed by atoms with E-state index in [9.17, 15) is 9.59 Å². The third kappa shape index (κ3) is 54.1. The Morgan fingerprint density at radius 3 is 1.50 bits per heavy atom. The second-order valence-corrected chi connectivity index (χ2v) is 2.77. The molecule has 4 heteroatoms. The van der Waals surface area contributed by atoms with Gasteiger partial charge in [-0.2, -0.15) is 20.8 Å². The summed E-state index contributed by atoms with van der Waals surface area (Å²) in [6.07, 6.45) is -0.361. The molecule has 0 heterocycles. The Morgan fingerprint density at radius 1 is 1.25 bits per heavy atom. The van der Waals surface area contributed by atoms with Crippen LogP contribution in [0.15, 0.2) is 0 Å². The number of carboxylic acids is 1. The molecule has 0 aromatic rings. The van der Waals surface area contributed by atoms with E-state index in [0.29, 0.717) is 0 Å². The summed E-state index contributed by atoms with van der Waals surface area (Å²) < 4.78 is 0. The molecule has 0 spiro atoms. The minimum Gasteiger partial charge on any atom is -0.481 e. The van der Waals surface area contributed by atoms with Crippen LogP contribution in [0, 0.1) is 5.92 Å². The normalized spacial score (nSPS) is 7.75. The van der Waals surface area contributed by atoms with Gasteiger partial charge in [-0.05, 0) is 6.92 Å². The van der Waals surface area contributed by atoms with Crippen LogP contribution < -0.4 is 0 Å². The van der Waals surface area contributed by atoms with Crippen LogP contribution >= 0.6 is 0 Å². The zero-order valence-electron chi connectivity index (χ0n) is 7.82. The number of Topliss-reactive ketones (excluding diaryl/α,β-unsaturated/α-hetero) is 1. The van der Waals surface area contributed by atoms with Crippen molar-refractivity contribution in [2.75, 3.05) is 0 Å². The van der Waals surface area contributed by atoms with Crippen molar-refractivity contribution >= 4 is 11.8 Å². The minimum absolute atomic E-state index is 0. The van der Waals surface area contributed by atoms with Crippen molar-refractivity contribution in [3.05, 3.63) is 5.92 Å². The van der Waals surface area contributed by atoms with Gasteiger partial charge in [0, 0.05) is 17.1 Å². The molecule has 0 amide bonds. The SMILES string of the molecule is CC(=O)CC(=O)O.C[C-](C)C.[Fe]. The molecule has 0 radical (unpaired) electrons. The Morgan fingerprint density at radius 2 is 1.50 bits per heavy atom. The predicted molar refractivity (Wildman–Crippen MR) is 43.2 cm³/mol. The standard InChI is InChI=1S/C4H6O3.C4H9.Fe/c1-3(5)2-4(6)7;1-4(2)3;/h2H2,1H3,(H,6,7);1-3H3;/q;-1;. The molecule has 0 aliphatic heterocycles. The van der Waals surface area contributed by atoms with Crippen molar-refractivity contribution in [2.45, 2.75) is 34.1 Å². The fraction of sp³-hybridized carbons (Fsp3) is 0.625. The van der Waals surface area contributed by atoms with Gasteiger partial charge in [0.15, 0.2) is 0 Å². The zero-order valence-corrected chi connectivity index (χ0v) is 8.93. The van der Waals surface area contributed by atoms with E-state index < -0.39 is 5.97 Å². The third-order valence-electron chi connectivity index (χ3n) is 0.400. The number of carbonyl (C=O) groups is 2. The maximum absolute atomic E-state index is 9.87. The van der Waals surface area contributed by atoms with Crippen LogP contribution in [-0.2, 0) is 26.7 Å². The molecular formula is C8H15FeO3-. The number of rotatable bonds is 2. The summed E-state index contributed by atoms with van der Waals surface area (Å²) in [6.45, 7) is 7.49. The van der Waals surface area contributed by atoms with Crippen molar-refractivity contribution in [1.29, 1.82) is 0 Å². The topological polar surface area (TPSA) is 54.4 Å². The molecule has 0 atom stereocenters. The van der Waals surface area contributed by atoms with Crippen LogP contribution in [0.2, 0.25) is 0 Å². The largest absolute Gasteiger partial charge is 0.481 e. The first-order valence-electron chi connectivity index (χ1n) is 3.34. The van der Waals surface area contributed by atoms with Crippen LogP contribution in [0.5, 0.6) is 0 Å². The van der Waals surface area contributed by atoms with E-state index in [1.54, 1.807) is 0 Å². The van der Waals surface area contributed by atoms with E-state index >= 15 is 0 Å². The van der Waals surface area contributed by atoms with Gasteiger partial charge < -0.3 is 11.0 Å². The quantitative estimate of drug-likeness (QED) is 0.433. The van der Waals surface area contributed by atoms with Gasteiger partial charge in [0.25, 0.3) is 0 Å². The molecule has 74 valence electrons. The van der Waals surface area contributed by atoms with Crippen LogP contribution in [0.25, 0.3) is 0 Å². The summed E-state index contributed by atoms with van der Waals surface area (Å²) in [7, 11) is 0. The van der Waals surface area contributed by atoms with Gasteiger partial charge in [-0.3, -0.25) is 9.59 Å². The summed E-state index contributed by atoms with van der Waals surface area (Å²) in [6, 6.07) is 0. The maximum Gasteiger partial charge on any atom is 0.310 e. The summed E-state index contributed by atoms with van der Waals surface area (Å²) in [4.78, 5) is 19.5. The molecule has 0 aromatic carbocycles. The molecule has 0 saturated carbocycles. The van der Waals surface area contributed by atoms with Crippen molar-refractivity contribution in [2.24, 2.45) is 0 Å². The average molecular weight is 215 g/mol. The second kappa shape index (κ2) is 10.7. The molecule has 0 aromatic heterocycles. The van der Waals surface area contributed by atoms with Crippen LogP contribution in [-0.4, -0.2) is 16.9 Å². The molecule has 0 bridgehead atoms. The van der Waals surface area contributed by atoms with Crippen molar-refractivity contribution < 1.29 is 31.8 Å². The predicted octanol–water partition coefficient (Wildman–Crippen LogP) is 1.67. The Balaban J connectivity index is -0.000000142. The van der Waals surface area contributed by atoms with Crippen LogP contribution in [0.4, 0.5) is 0 Å². The van der Waals surface area contributed by atoms with Gasteiger partial charge in [0.2, 0.25) is 0 Å². The molecule has 12 heavy (non-hydrogen) atoms. The number of hydrogen-bond acceptors (Lipinski definition) is 2. The van der Waals surface area contributed by atoms with Gasteiger partial charge in [-0.15, -0.1) is 0 Å². The number of carbonyl (C=O) groups excluding carboxylic acids is 1. The Kier molecular flexibility index (Phi) is 15.7. The average Bonchev–Trinajstić information content (AvgIpc) is 1.56. The molecule has 3 nitrogen and oxygen atoms in total. The van der Waals surface area contributed by atoms with E-state index in [2.05, 4.69) is 20.8 Å². The van der Waals surface area contributed by atoms with E-state index in [1.165, 1.54) is 12.8 Å². The van der Waals surface area contributed by atoms with Crippen LogP contribution in [0.3, 0.4) is 0 Å². The molecule has 0 aliphatic rings. The van der Waals surface area contributed by atoms with E-state index in [1.807, 2.05) is 0 Å². The van der Waals surface area contributed by atoms with E-state index in [4.69, 9.17) is 5.11 Å². The number of aliphatic carboxylic acids is 1. The first kappa shape index (κ1) is 17.7. The van der Waals surface area contributed by atoms with Crippen molar-refractivity contribution in [3.8, 4) is 0 Å². The Hall–Kier alpha value is -0.341. The fourth-order valence-corrected chi connectivity index (χ4v) is 0.213. The molecule has 0 unspecified atom stereocenters. The van der Waals surface area contributed by atoms with E-state index in [-0.39, 0.29) is 29.3 Å². The van der Waals surface area contributed by atoms with Crippen molar-refractivity contribution in [3.63, 3.8) is 0 Å². The molecule has 0 fully saturated rings. The number of carboxylic acid groups (broad SMARTS) is 1. The Labute approximate surface area is 84.0 Å². The first-order chi connectivity index (χ1) is 4.86. The Bertz CT molecular complexity index is 118. The summed E-state index contributed by atoms with van der Waals surface area (Å²) in [5, 5.41) is 7.86. The van der Waals surface area contributed by atoms with E-state index in [0.717, 1.165) is 0 Å². The van der Waals surface area contributed by atoms with Gasteiger partial charge in [0.05, 0.1) is 0 Å². The molecule has 0 rings (SSSR count). The monoisotopic (exact) mass is 215 g/mol. The summed E-state index contributed by atoms with van der Waals surface area (Å²) in [5.74, 6) is 0.0417. The van der Waals surface area contributed by atoms with Gasteiger partial charge in [-0.1, -0.05) is 0 Å².